The smallest absolute Gasteiger partial charge is 0.225 e. The Kier molecular flexibility index (Phi) is 4.68. The largest absolute Gasteiger partial charge is 0.240 e. The normalized spacial score (nSPS) is 11.7. The van der Waals surface area contributed by atoms with E-state index in [9.17, 15) is 12.8 Å². The Morgan fingerprint density at radius 1 is 0.917 bits per heavy atom. The van der Waals surface area contributed by atoms with Crippen molar-refractivity contribution in [3.05, 3.63) is 63.0 Å². The molecule has 0 unspecified atom stereocenters. The maximum atomic E-state index is 14.1. The standard InChI is InChI=1S/C16H10Cl2FNO2S2/c17-11-3-10(4-12(18)6-11)14-8-23-7-13(14)9-1-2-16(15(19)5-9)24(20,21)22/h1-8H,(H2,20,21,22). The SMILES string of the molecule is NS(=O)(=O)c1ccc(-c2cscc2-c2cc(Cl)cc(Cl)c2)cc1F. The second kappa shape index (κ2) is 6.46. The molecule has 2 aromatic carbocycles. The molecule has 24 heavy (non-hydrogen) atoms. The fourth-order valence-corrected chi connectivity index (χ4v) is 4.33. The van der Waals surface area contributed by atoms with E-state index < -0.39 is 20.7 Å². The van der Waals surface area contributed by atoms with Crippen LogP contribution in [-0.4, -0.2) is 8.42 Å². The van der Waals surface area contributed by atoms with Crippen molar-refractivity contribution in [3.8, 4) is 22.3 Å². The first-order valence-electron chi connectivity index (χ1n) is 6.61. The summed E-state index contributed by atoms with van der Waals surface area (Å²) in [5, 5.41) is 9.70. The number of benzene rings is 2. The van der Waals surface area contributed by atoms with E-state index in [0.717, 1.165) is 28.8 Å². The third kappa shape index (κ3) is 3.48. The second-order valence-corrected chi connectivity index (χ2v) is 8.19. The number of thiophene rings is 1. The first-order valence-corrected chi connectivity index (χ1v) is 9.85. The zero-order chi connectivity index (χ0) is 17.5. The minimum Gasteiger partial charge on any atom is -0.225 e. The third-order valence-corrected chi connectivity index (χ3v) is 5.51. The molecule has 0 radical (unpaired) electrons. The predicted octanol–water partition coefficient (Wildman–Crippen LogP) is 5.18. The van der Waals surface area contributed by atoms with Gasteiger partial charge in [0.25, 0.3) is 0 Å². The van der Waals surface area contributed by atoms with Crippen LogP contribution in [0.1, 0.15) is 0 Å². The van der Waals surface area contributed by atoms with Gasteiger partial charge in [0, 0.05) is 21.2 Å². The topological polar surface area (TPSA) is 60.2 Å². The van der Waals surface area contributed by atoms with E-state index in [1.807, 2.05) is 10.8 Å². The lowest BCUT2D eigenvalue weighted by molar-refractivity contribution is 0.568. The molecule has 1 aromatic heterocycles. The van der Waals surface area contributed by atoms with E-state index >= 15 is 0 Å². The Morgan fingerprint density at radius 2 is 1.50 bits per heavy atom. The zero-order valence-electron chi connectivity index (χ0n) is 12.0. The molecule has 0 aliphatic heterocycles. The molecule has 0 saturated carbocycles. The highest BCUT2D eigenvalue weighted by Gasteiger charge is 2.17. The van der Waals surface area contributed by atoms with Crippen LogP contribution in [-0.2, 0) is 10.0 Å². The summed E-state index contributed by atoms with van der Waals surface area (Å²) in [5.41, 5.74) is 2.90. The van der Waals surface area contributed by atoms with E-state index in [0.29, 0.717) is 15.6 Å². The molecule has 0 aliphatic rings. The van der Waals surface area contributed by atoms with Gasteiger partial charge >= 0.3 is 0 Å². The van der Waals surface area contributed by atoms with Gasteiger partial charge in [-0.1, -0.05) is 29.3 Å². The highest BCUT2D eigenvalue weighted by molar-refractivity contribution is 7.89. The summed E-state index contributed by atoms with van der Waals surface area (Å²) in [6, 6.07) is 8.96. The maximum Gasteiger partial charge on any atom is 0.240 e. The van der Waals surface area contributed by atoms with Crippen LogP contribution in [0.4, 0.5) is 4.39 Å². The van der Waals surface area contributed by atoms with Crippen molar-refractivity contribution in [2.75, 3.05) is 0 Å². The predicted molar refractivity (Wildman–Crippen MR) is 96.5 cm³/mol. The van der Waals surface area contributed by atoms with Crippen molar-refractivity contribution in [1.82, 2.24) is 0 Å². The molecular formula is C16H10Cl2FNO2S2. The second-order valence-electron chi connectivity index (χ2n) is 5.05. The molecular weight excluding hydrogens is 392 g/mol. The maximum absolute atomic E-state index is 14.1. The number of sulfonamides is 1. The number of halogens is 3. The molecule has 1 heterocycles. The fraction of sp³-hybridized carbons (Fsp3) is 0. The lowest BCUT2D eigenvalue weighted by atomic mass is 9.99. The van der Waals surface area contributed by atoms with Gasteiger partial charge in [-0.25, -0.2) is 17.9 Å². The summed E-state index contributed by atoms with van der Waals surface area (Å²) in [4.78, 5) is -0.533. The zero-order valence-corrected chi connectivity index (χ0v) is 15.1. The number of primary sulfonamides is 1. The first-order chi connectivity index (χ1) is 11.3. The van der Waals surface area contributed by atoms with Gasteiger partial charge in [-0.3, -0.25) is 0 Å². The van der Waals surface area contributed by atoms with Crippen molar-refractivity contribution in [2.45, 2.75) is 4.90 Å². The highest BCUT2D eigenvalue weighted by Crippen LogP contribution is 2.38. The number of rotatable bonds is 3. The van der Waals surface area contributed by atoms with Crippen LogP contribution in [0.5, 0.6) is 0 Å². The molecule has 3 aromatic rings. The van der Waals surface area contributed by atoms with E-state index in [4.69, 9.17) is 28.3 Å². The van der Waals surface area contributed by atoms with Crippen molar-refractivity contribution in [2.24, 2.45) is 5.14 Å². The van der Waals surface area contributed by atoms with Crippen molar-refractivity contribution in [1.29, 1.82) is 0 Å². The fourth-order valence-electron chi connectivity index (χ4n) is 2.35. The van der Waals surface area contributed by atoms with E-state index in [2.05, 4.69) is 0 Å². The highest BCUT2D eigenvalue weighted by atomic mass is 35.5. The van der Waals surface area contributed by atoms with Crippen molar-refractivity contribution >= 4 is 44.6 Å². The van der Waals surface area contributed by atoms with Crippen LogP contribution < -0.4 is 5.14 Å². The van der Waals surface area contributed by atoms with Gasteiger partial charge in [0.1, 0.15) is 10.7 Å². The average Bonchev–Trinajstić information content (AvgIpc) is 2.94. The van der Waals surface area contributed by atoms with Gasteiger partial charge in [0.15, 0.2) is 0 Å². The average molecular weight is 402 g/mol. The summed E-state index contributed by atoms with van der Waals surface area (Å²) in [7, 11) is -4.10. The molecule has 0 aliphatic carbocycles. The van der Waals surface area contributed by atoms with Gasteiger partial charge in [0.05, 0.1) is 0 Å². The van der Waals surface area contributed by atoms with Crippen molar-refractivity contribution in [3.63, 3.8) is 0 Å². The Bertz CT molecular complexity index is 1010. The molecule has 124 valence electrons. The summed E-state index contributed by atoms with van der Waals surface area (Å²) >= 11 is 13.5. The van der Waals surface area contributed by atoms with Gasteiger partial charge in [-0.05, 0) is 52.2 Å². The summed E-state index contributed by atoms with van der Waals surface area (Å²) < 4.78 is 36.8. The lowest BCUT2D eigenvalue weighted by Crippen LogP contribution is -2.13. The molecule has 3 nitrogen and oxygen atoms in total. The summed E-state index contributed by atoms with van der Waals surface area (Å²) in [5.74, 6) is -0.892. The van der Waals surface area contributed by atoms with Gasteiger partial charge in [-0.2, -0.15) is 11.3 Å². The van der Waals surface area contributed by atoms with E-state index in [1.165, 1.54) is 17.4 Å². The first kappa shape index (κ1) is 17.4. The molecule has 2 N–H and O–H groups in total. The molecule has 0 amide bonds. The van der Waals surface area contributed by atoms with Crippen LogP contribution in [0.15, 0.2) is 52.1 Å². The Hall–Kier alpha value is -1.44. The third-order valence-electron chi connectivity index (χ3n) is 3.38. The Balaban J connectivity index is 2.13. The Morgan fingerprint density at radius 3 is 2.04 bits per heavy atom. The molecule has 0 atom stereocenters. The number of hydrogen-bond acceptors (Lipinski definition) is 3. The molecule has 0 bridgehead atoms. The quantitative estimate of drug-likeness (QED) is 0.657. The monoisotopic (exact) mass is 401 g/mol. The Labute approximate surface area is 152 Å². The molecule has 8 heteroatoms. The molecule has 0 saturated heterocycles. The lowest BCUT2D eigenvalue weighted by Gasteiger charge is -2.08. The van der Waals surface area contributed by atoms with E-state index in [1.54, 1.807) is 18.2 Å². The van der Waals surface area contributed by atoms with Gasteiger partial charge in [0.2, 0.25) is 10.0 Å². The van der Waals surface area contributed by atoms with Crippen LogP contribution in [0.3, 0.4) is 0 Å². The molecule has 3 rings (SSSR count). The van der Waals surface area contributed by atoms with Crippen LogP contribution in [0.25, 0.3) is 22.3 Å². The minimum absolute atomic E-state index is 0.491. The number of nitrogens with two attached hydrogens (primary N) is 1. The van der Waals surface area contributed by atoms with Gasteiger partial charge < -0.3 is 0 Å². The molecule has 0 fully saturated rings. The molecule has 0 spiro atoms. The van der Waals surface area contributed by atoms with Crippen LogP contribution in [0, 0.1) is 5.82 Å². The van der Waals surface area contributed by atoms with E-state index in [-0.39, 0.29) is 0 Å². The van der Waals surface area contributed by atoms with Crippen LogP contribution in [0.2, 0.25) is 10.0 Å². The number of hydrogen-bond donors (Lipinski definition) is 1. The minimum atomic E-state index is -4.10. The van der Waals surface area contributed by atoms with Crippen LogP contribution >= 0.6 is 34.5 Å². The van der Waals surface area contributed by atoms with Gasteiger partial charge in [-0.15, -0.1) is 0 Å². The van der Waals surface area contributed by atoms with Crippen molar-refractivity contribution < 1.29 is 12.8 Å². The summed E-state index contributed by atoms with van der Waals surface area (Å²) in [6.07, 6.45) is 0. The summed E-state index contributed by atoms with van der Waals surface area (Å²) in [6.45, 7) is 0.